The maximum atomic E-state index is 12.5. The molecule has 3 N–H and O–H groups in total. The van der Waals surface area contributed by atoms with Gasteiger partial charge in [-0.3, -0.25) is 19.7 Å². The topological polar surface area (TPSA) is 92.5 Å². The van der Waals surface area contributed by atoms with E-state index in [0.717, 1.165) is 0 Å². The first-order chi connectivity index (χ1) is 8.70. The van der Waals surface area contributed by atoms with Crippen molar-refractivity contribution in [2.75, 3.05) is 13.1 Å². The second-order valence-electron chi connectivity index (χ2n) is 5.92. The van der Waals surface area contributed by atoms with Crippen LogP contribution < -0.4 is 11.1 Å². The van der Waals surface area contributed by atoms with Crippen molar-refractivity contribution in [3.63, 3.8) is 0 Å². The summed E-state index contributed by atoms with van der Waals surface area (Å²) >= 11 is 0. The number of nitrogens with zero attached hydrogens (tertiary/aromatic N) is 1. The third-order valence-electron chi connectivity index (χ3n) is 3.44. The number of carbonyl (C=O) groups excluding carboxylic acids is 3. The zero-order chi connectivity index (χ0) is 14.8. The van der Waals surface area contributed by atoms with Crippen molar-refractivity contribution in [2.24, 2.45) is 17.6 Å². The number of nitrogens with one attached hydrogen (secondary N) is 1. The lowest BCUT2D eigenvalue weighted by molar-refractivity contribution is -0.157. The van der Waals surface area contributed by atoms with Gasteiger partial charge in [-0.25, -0.2) is 0 Å². The molecule has 6 nitrogen and oxygen atoms in total. The fourth-order valence-electron chi connectivity index (χ4n) is 2.22. The molecule has 108 valence electrons. The van der Waals surface area contributed by atoms with E-state index in [4.69, 9.17) is 5.73 Å². The maximum Gasteiger partial charge on any atom is 0.252 e. The van der Waals surface area contributed by atoms with E-state index >= 15 is 0 Å². The normalized spacial score (nSPS) is 20.4. The molecule has 1 aliphatic heterocycles. The van der Waals surface area contributed by atoms with Gasteiger partial charge in [0.05, 0.1) is 5.92 Å². The molecule has 3 amide bonds. The Kier molecular flexibility index (Phi) is 4.68. The molecule has 1 saturated heterocycles. The number of amides is 3. The van der Waals surface area contributed by atoms with Crippen molar-refractivity contribution >= 4 is 17.7 Å². The van der Waals surface area contributed by atoms with E-state index in [2.05, 4.69) is 5.32 Å². The van der Waals surface area contributed by atoms with Crippen LogP contribution in [-0.4, -0.2) is 41.2 Å². The molecule has 1 atom stereocenters. The van der Waals surface area contributed by atoms with Crippen LogP contribution in [0.2, 0.25) is 0 Å². The van der Waals surface area contributed by atoms with Crippen molar-refractivity contribution in [3.8, 4) is 0 Å². The number of carbonyl (C=O) groups is 3. The molecule has 1 unspecified atom stereocenters. The van der Waals surface area contributed by atoms with Crippen LogP contribution in [-0.2, 0) is 14.4 Å². The zero-order valence-electron chi connectivity index (χ0n) is 12.0. The molecule has 1 aliphatic rings. The maximum absolute atomic E-state index is 12.5. The molecule has 0 bridgehead atoms. The van der Waals surface area contributed by atoms with Crippen LogP contribution in [0.1, 0.15) is 34.1 Å². The summed E-state index contributed by atoms with van der Waals surface area (Å²) in [7, 11) is 0. The van der Waals surface area contributed by atoms with Gasteiger partial charge in [0.1, 0.15) is 12.1 Å². The average Bonchev–Trinajstić information content (AvgIpc) is 2.30. The first-order valence-corrected chi connectivity index (χ1v) is 6.56. The number of hydrogen-bond acceptors (Lipinski definition) is 4. The SMILES string of the molecule is CC(C)CC(CN)C(=O)N1CC(=O)NC(=O)C1(C)C. The molecule has 0 aromatic rings. The van der Waals surface area contributed by atoms with Crippen molar-refractivity contribution in [2.45, 2.75) is 39.7 Å². The molecule has 6 heteroatoms. The van der Waals surface area contributed by atoms with Gasteiger partial charge < -0.3 is 10.6 Å². The summed E-state index contributed by atoms with van der Waals surface area (Å²) in [4.78, 5) is 37.1. The number of imide groups is 1. The smallest absolute Gasteiger partial charge is 0.252 e. The van der Waals surface area contributed by atoms with Crippen LogP contribution in [0.25, 0.3) is 0 Å². The van der Waals surface area contributed by atoms with Gasteiger partial charge in [-0.15, -0.1) is 0 Å². The quantitative estimate of drug-likeness (QED) is 0.695. The van der Waals surface area contributed by atoms with Gasteiger partial charge in [-0.1, -0.05) is 13.8 Å². The summed E-state index contributed by atoms with van der Waals surface area (Å²) in [5, 5.41) is 2.25. The highest BCUT2D eigenvalue weighted by Crippen LogP contribution is 2.23. The van der Waals surface area contributed by atoms with Crippen LogP contribution in [0.4, 0.5) is 0 Å². The van der Waals surface area contributed by atoms with Crippen molar-refractivity contribution < 1.29 is 14.4 Å². The fourth-order valence-corrected chi connectivity index (χ4v) is 2.22. The van der Waals surface area contributed by atoms with Gasteiger partial charge in [0.15, 0.2) is 0 Å². The van der Waals surface area contributed by atoms with Gasteiger partial charge in [0, 0.05) is 6.54 Å². The highest BCUT2D eigenvalue weighted by atomic mass is 16.2. The molecule has 0 aliphatic carbocycles. The Labute approximate surface area is 113 Å². The lowest BCUT2D eigenvalue weighted by Gasteiger charge is -2.41. The predicted molar refractivity (Wildman–Crippen MR) is 70.9 cm³/mol. The van der Waals surface area contributed by atoms with Crippen molar-refractivity contribution in [1.29, 1.82) is 0 Å². The fraction of sp³-hybridized carbons (Fsp3) is 0.769. The van der Waals surface area contributed by atoms with Crippen LogP contribution >= 0.6 is 0 Å². The minimum absolute atomic E-state index is 0.0911. The summed E-state index contributed by atoms with van der Waals surface area (Å²) in [5.74, 6) is -1.13. The Hall–Kier alpha value is -1.43. The summed E-state index contributed by atoms with van der Waals surface area (Å²) in [6.45, 7) is 7.42. The monoisotopic (exact) mass is 269 g/mol. The van der Waals surface area contributed by atoms with Gasteiger partial charge in [-0.2, -0.15) is 0 Å². The Morgan fingerprint density at radius 2 is 2.00 bits per heavy atom. The van der Waals surface area contributed by atoms with E-state index < -0.39 is 17.4 Å². The Bertz CT molecular complexity index is 391. The van der Waals surface area contributed by atoms with E-state index in [0.29, 0.717) is 12.3 Å². The van der Waals surface area contributed by atoms with Crippen LogP contribution in [0.5, 0.6) is 0 Å². The molecule has 0 aromatic carbocycles. The van der Waals surface area contributed by atoms with Crippen LogP contribution in [0.3, 0.4) is 0 Å². The van der Waals surface area contributed by atoms with E-state index in [1.807, 2.05) is 13.8 Å². The Balaban J connectivity index is 2.94. The van der Waals surface area contributed by atoms with E-state index in [1.165, 1.54) is 4.90 Å². The molecular weight excluding hydrogens is 246 g/mol. The summed E-state index contributed by atoms with van der Waals surface area (Å²) in [6, 6.07) is 0. The summed E-state index contributed by atoms with van der Waals surface area (Å²) in [5.41, 5.74) is 4.64. The standard InChI is InChI=1S/C13H23N3O3/c1-8(2)5-9(6-14)11(18)16-7-10(17)15-12(19)13(16,3)4/h8-9H,5-7,14H2,1-4H3,(H,15,17,19). The number of piperazine rings is 1. The first-order valence-electron chi connectivity index (χ1n) is 6.56. The lowest BCUT2D eigenvalue weighted by atomic mass is 9.91. The third-order valence-corrected chi connectivity index (χ3v) is 3.44. The number of hydrogen-bond donors (Lipinski definition) is 2. The number of rotatable bonds is 4. The number of nitrogens with two attached hydrogens (primary N) is 1. The lowest BCUT2D eigenvalue weighted by Crippen LogP contribution is -2.66. The van der Waals surface area contributed by atoms with E-state index in [-0.39, 0.29) is 24.9 Å². The van der Waals surface area contributed by atoms with Crippen LogP contribution in [0, 0.1) is 11.8 Å². The molecule has 1 fully saturated rings. The van der Waals surface area contributed by atoms with Gasteiger partial charge in [0.25, 0.3) is 5.91 Å². The molecule has 1 heterocycles. The van der Waals surface area contributed by atoms with E-state index in [9.17, 15) is 14.4 Å². The summed E-state index contributed by atoms with van der Waals surface area (Å²) in [6.07, 6.45) is 0.651. The van der Waals surface area contributed by atoms with Crippen LogP contribution in [0.15, 0.2) is 0 Å². The highest BCUT2D eigenvalue weighted by molar-refractivity contribution is 6.06. The largest absolute Gasteiger partial charge is 0.330 e. The molecule has 19 heavy (non-hydrogen) atoms. The van der Waals surface area contributed by atoms with Gasteiger partial charge >= 0.3 is 0 Å². The highest BCUT2D eigenvalue weighted by Gasteiger charge is 2.44. The molecule has 1 rings (SSSR count). The van der Waals surface area contributed by atoms with Gasteiger partial charge in [-0.05, 0) is 26.2 Å². The Morgan fingerprint density at radius 1 is 1.42 bits per heavy atom. The molecule has 0 radical (unpaired) electrons. The Morgan fingerprint density at radius 3 is 2.47 bits per heavy atom. The second-order valence-corrected chi connectivity index (χ2v) is 5.92. The first kappa shape index (κ1) is 15.6. The van der Waals surface area contributed by atoms with E-state index in [1.54, 1.807) is 13.8 Å². The molecule has 0 saturated carbocycles. The minimum Gasteiger partial charge on any atom is -0.330 e. The molecular formula is C13H23N3O3. The summed E-state index contributed by atoms with van der Waals surface area (Å²) < 4.78 is 0. The molecule has 0 aromatic heterocycles. The predicted octanol–water partition coefficient (Wildman–Crippen LogP) is -0.129. The third kappa shape index (κ3) is 3.32. The second kappa shape index (κ2) is 5.69. The minimum atomic E-state index is -1.02. The van der Waals surface area contributed by atoms with Crippen molar-refractivity contribution in [3.05, 3.63) is 0 Å². The van der Waals surface area contributed by atoms with Gasteiger partial charge in [0.2, 0.25) is 11.8 Å². The average molecular weight is 269 g/mol. The zero-order valence-corrected chi connectivity index (χ0v) is 12.0. The van der Waals surface area contributed by atoms with Crippen molar-refractivity contribution in [1.82, 2.24) is 10.2 Å². The molecule has 0 spiro atoms.